The summed E-state index contributed by atoms with van der Waals surface area (Å²) in [6.07, 6.45) is 10.1. The number of aromatic nitrogens is 2. The molecular formula is C16H29N3O. The zero-order chi connectivity index (χ0) is 14.2. The van der Waals surface area contributed by atoms with Gasteiger partial charge in [0, 0.05) is 32.5 Å². The minimum Gasteiger partial charge on any atom is -0.382 e. The highest BCUT2D eigenvalue weighted by atomic mass is 16.5. The van der Waals surface area contributed by atoms with Gasteiger partial charge in [-0.25, -0.2) is 4.98 Å². The summed E-state index contributed by atoms with van der Waals surface area (Å²) in [7, 11) is 0. The smallest absolute Gasteiger partial charge is 0.203 e. The molecule has 1 N–H and O–H groups in total. The fourth-order valence-electron chi connectivity index (χ4n) is 2.97. The molecule has 0 saturated heterocycles. The highest BCUT2D eigenvalue weighted by molar-refractivity contribution is 5.28. The van der Waals surface area contributed by atoms with Gasteiger partial charge in [-0.1, -0.05) is 19.3 Å². The Morgan fingerprint density at radius 3 is 2.90 bits per heavy atom. The second-order valence-electron chi connectivity index (χ2n) is 5.83. The number of nitrogens with zero attached hydrogens (tertiary/aromatic N) is 2. The van der Waals surface area contributed by atoms with Crippen LogP contribution in [-0.2, 0) is 11.3 Å². The molecule has 1 aliphatic rings. The Kier molecular flexibility index (Phi) is 6.37. The first-order chi connectivity index (χ1) is 9.79. The third-order valence-electron chi connectivity index (χ3n) is 4.06. The molecule has 0 atom stereocenters. The van der Waals surface area contributed by atoms with Crippen molar-refractivity contribution in [3.63, 3.8) is 0 Å². The van der Waals surface area contributed by atoms with Crippen LogP contribution >= 0.6 is 0 Å². The highest BCUT2D eigenvalue weighted by Gasteiger charge is 2.14. The highest BCUT2D eigenvalue weighted by Crippen LogP contribution is 2.24. The molecule has 0 radical (unpaired) electrons. The Bertz CT molecular complexity index is 383. The summed E-state index contributed by atoms with van der Waals surface area (Å²) >= 11 is 0. The zero-order valence-corrected chi connectivity index (χ0v) is 13.0. The SMILES string of the molecule is CCOCCCn1cc(C)nc1NCC1CCCCC1. The molecule has 0 aliphatic heterocycles. The predicted octanol–water partition coefficient (Wildman–Crippen LogP) is 3.61. The van der Waals surface area contributed by atoms with E-state index in [2.05, 4.69) is 28.0 Å². The van der Waals surface area contributed by atoms with Gasteiger partial charge in [-0.15, -0.1) is 0 Å². The van der Waals surface area contributed by atoms with Crippen LogP contribution in [0.5, 0.6) is 0 Å². The average Bonchev–Trinajstić information content (AvgIpc) is 2.83. The maximum Gasteiger partial charge on any atom is 0.203 e. The van der Waals surface area contributed by atoms with Crippen LogP contribution in [0.2, 0.25) is 0 Å². The molecule has 1 aromatic rings. The first kappa shape index (κ1) is 15.4. The predicted molar refractivity (Wildman–Crippen MR) is 83.1 cm³/mol. The molecule has 0 spiro atoms. The third-order valence-corrected chi connectivity index (χ3v) is 4.06. The summed E-state index contributed by atoms with van der Waals surface area (Å²) < 4.78 is 7.64. The van der Waals surface area contributed by atoms with Crippen molar-refractivity contribution in [3.8, 4) is 0 Å². The van der Waals surface area contributed by atoms with Gasteiger partial charge < -0.3 is 14.6 Å². The van der Waals surface area contributed by atoms with Gasteiger partial charge in [0.05, 0.1) is 5.69 Å². The standard InChI is InChI=1S/C16H29N3O/c1-3-20-11-7-10-19-13-14(2)18-16(19)17-12-15-8-5-4-6-9-15/h13,15H,3-12H2,1-2H3,(H,17,18). The van der Waals surface area contributed by atoms with Crippen molar-refractivity contribution in [2.75, 3.05) is 25.1 Å². The number of nitrogens with one attached hydrogen (secondary N) is 1. The number of hydrogen-bond acceptors (Lipinski definition) is 3. The Morgan fingerprint density at radius 1 is 1.35 bits per heavy atom. The molecule has 1 saturated carbocycles. The maximum atomic E-state index is 5.40. The number of ether oxygens (including phenoxy) is 1. The number of aryl methyl sites for hydroxylation is 2. The molecule has 1 aliphatic carbocycles. The summed E-state index contributed by atoms with van der Waals surface area (Å²) in [5.74, 6) is 1.86. The lowest BCUT2D eigenvalue weighted by Crippen LogP contribution is -2.19. The van der Waals surface area contributed by atoms with E-state index in [1.807, 2.05) is 6.92 Å². The minimum atomic E-state index is 0.801. The van der Waals surface area contributed by atoms with Crippen molar-refractivity contribution in [1.82, 2.24) is 9.55 Å². The van der Waals surface area contributed by atoms with Gasteiger partial charge in [-0.05, 0) is 39.0 Å². The van der Waals surface area contributed by atoms with Gasteiger partial charge in [0.1, 0.15) is 0 Å². The molecule has 1 aromatic heterocycles. The Hall–Kier alpha value is -1.03. The van der Waals surface area contributed by atoms with Crippen LogP contribution in [0.4, 0.5) is 5.95 Å². The van der Waals surface area contributed by atoms with E-state index in [1.54, 1.807) is 0 Å². The van der Waals surface area contributed by atoms with Gasteiger partial charge in [0.15, 0.2) is 0 Å². The van der Waals surface area contributed by atoms with E-state index in [0.717, 1.165) is 50.3 Å². The molecule has 20 heavy (non-hydrogen) atoms. The van der Waals surface area contributed by atoms with E-state index in [4.69, 9.17) is 4.74 Å². The molecule has 4 nitrogen and oxygen atoms in total. The van der Waals surface area contributed by atoms with Gasteiger partial charge >= 0.3 is 0 Å². The number of hydrogen-bond donors (Lipinski definition) is 1. The molecule has 0 aromatic carbocycles. The van der Waals surface area contributed by atoms with Crippen LogP contribution in [0.15, 0.2) is 6.20 Å². The first-order valence-electron chi connectivity index (χ1n) is 8.15. The van der Waals surface area contributed by atoms with Crippen molar-refractivity contribution in [2.45, 2.75) is 58.9 Å². The first-order valence-corrected chi connectivity index (χ1v) is 8.15. The van der Waals surface area contributed by atoms with Crippen LogP contribution in [0.3, 0.4) is 0 Å². The van der Waals surface area contributed by atoms with Gasteiger partial charge in [0.2, 0.25) is 5.95 Å². The van der Waals surface area contributed by atoms with Crippen LogP contribution in [0, 0.1) is 12.8 Å². The fraction of sp³-hybridized carbons (Fsp3) is 0.812. The van der Waals surface area contributed by atoms with E-state index in [-0.39, 0.29) is 0 Å². The molecule has 0 unspecified atom stereocenters. The van der Waals surface area contributed by atoms with E-state index < -0.39 is 0 Å². The largest absolute Gasteiger partial charge is 0.382 e. The van der Waals surface area contributed by atoms with Crippen molar-refractivity contribution >= 4 is 5.95 Å². The van der Waals surface area contributed by atoms with E-state index in [1.165, 1.54) is 32.1 Å². The zero-order valence-electron chi connectivity index (χ0n) is 13.0. The summed E-state index contributed by atoms with van der Waals surface area (Å²) in [5.41, 5.74) is 1.09. The van der Waals surface area contributed by atoms with Crippen molar-refractivity contribution in [1.29, 1.82) is 0 Å². The van der Waals surface area contributed by atoms with Crippen LogP contribution in [0.25, 0.3) is 0 Å². The number of imidazole rings is 1. The lowest BCUT2D eigenvalue weighted by Gasteiger charge is -2.22. The minimum absolute atomic E-state index is 0.801. The van der Waals surface area contributed by atoms with Crippen molar-refractivity contribution in [2.24, 2.45) is 5.92 Å². The lowest BCUT2D eigenvalue weighted by atomic mass is 9.89. The third kappa shape index (κ3) is 4.82. The average molecular weight is 279 g/mol. The van der Waals surface area contributed by atoms with Crippen LogP contribution in [0.1, 0.15) is 51.1 Å². The van der Waals surface area contributed by atoms with Gasteiger partial charge in [-0.2, -0.15) is 0 Å². The molecular weight excluding hydrogens is 250 g/mol. The second kappa shape index (κ2) is 8.30. The summed E-state index contributed by atoms with van der Waals surface area (Å²) in [6, 6.07) is 0. The molecule has 2 rings (SSSR count). The quantitative estimate of drug-likeness (QED) is 0.739. The maximum absolute atomic E-state index is 5.40. The molecule has 4 heteroatoms. The fourth-order valence-corrected chi connectivity index (χ4v) is 2.97. The molecule has 1 fully saturated rings. The van der Waals surface area contributed by atoms with Crippen molar-refractivity contribution < 1.29 is 4.74 Å². The van der Waals surface area contributed by atoms with Crippen molar-refractivity contribution in [3.05, 3.63) is 11.9 Å². The summed E-state index contributed by atoms with van der Waals surface area (Å²) in [4.78, 5) is 4.60. The van der Waals surface area contributed by atoms with Gasteiger partial charge in [-0.3, -0.25) is 0 Å². The number of anilines is 1. The summed E-state index contributed by atoms with van der Waals surface area (Å²) in [6.45, 7) is 7.78. The topological polar surface area (TPSA) is 39.1 Å². The van der Waals surface area contributed by atoms with E-state index >= 15 is 0 Å². The summed E-state index contributed by atoms with van der Waals surface area (Å²) in [5, 5.41) is 3.56. The van der Waals surface area contributed by atoms with E-state index in [0.29, 0.717) is 0 Å². The van der Waals surface area contributed by atoms with E-state index in [9.17, 15) is 0 Å². The van der Waals surface area contributed by atoms with Crippen LogP contribution in [-0.4, -0.2) is 29.3 Å². The second-order valence-corrected chi connectivity index (χ2v) is 5.83. The normalized spacial score (nSPS) is 16.5. The monoisotopic (exact) mass is 279 g/mol. The Labute approximate surface area is 122 Å². The van der Waals surface area contributed by atoms with Gasteiger partial charge in [0.25, 0.3) is 0 Å². The number of rotatable bonds is 8. The Morgan fingerprint density at radius 2 is 2.15 bits per heavy atom. The molecule has 0 bridgehead atoms. The molecule has 1 heterocycles. The lowest BCUT2D eigenvalue weighted by molar-refractivity contribution is 0.142. The Balaban J connectivity index is 1.80. The molecule has 0 amide bonds. The van der Waals surface area contributed by atoms with Crippen LogP contribution < -0.4 is 5.32 Å². The molecule has 114 valence electrons.